The molecule has 2 aromatic carbocycles. The first-order valence-electron chi connectivity index (χ1n) is 13.6. The summed E-state index contributed by atoms with van der Waals surface area (Å²) >= 11 is 6.11. The summed E-state index contributed by atoms with van der Waals surface area (Å²) in [7, 11) is -4.03. The molecule has 2 aliphatic heterocycles. The van der Waals surface area contributed by atoms with Crippen LogP contribution in [0, 0.1) is 0 Å². The highest BCUT2D eigenvalue weighted by molar-refractivity contribution is 7.88. The van der Waals surface area contributed by atoms with Crippen molar-refractivity contribution >= 4 is 39.3 Å². The van der Waals surface area contributed by atoms with Crippen molar-refractivity contribution in [2.75, 3.05) is 19.6 Å². The predicted molar refractivity (Wildman–Crippen MR) is 154 cm³/mol. The van der Waals surface area contributed by atoms with Crippen LogP contribution in [0.4, 0.5) is 0 Å². The van der Waals surface area contributed by atoms with Crippen LogP contribution < -0.4 is 15.8 Å². The fraction of sp³-hybridized carbons (Fsp3) is 0.464. The summed E-state index contributed by atoms with van der Waals surface area (Å²) in [6, 6.07) is 11.5. The smallest absolute Gasteiger partial charge is 0.243 e. The van der Waals surface area contributed by atoms with Crippen molar-refractivity contribution in [3.63, 3.8) is 0 Å². The number of benzene rings is 2. The minimum absolute atomic E-state index is 0.125. The summed E-state index contributed by atoms with van der Waals surface area (Å²) < 4.78 is 28.6. The molecule has 0 saturated carbocycles. The number of likely N-dealkylation sites (tertiary alicyclic amines) is 2. The van der Waals surface area contributed by atoms with Crippen LogP contribution in [0.2, 0.25) is 5.02 Å². The Morgan fingerprint density at radius 3 is 2.51 bits per heavy atom. The molecule has 2 saturated heterocycles. The van der Waals surface area contributed by atoms with Crippen LogP contribution in [0.25, 0.3) is 0 Å². The molecule has 13 heteroatoms. The van der Waals surface area contributed by atoms with E-state index in [1.54, 1.807) is 48.5 Å². The molecule has 0 aliphatic carbocycles. The molecular weight excluding hydrogens is 570 g/mol. The van der Waals surface area contributed by atoms with Crippen molar-refractivity contribution in [1.82, 2.24) is 19.8 Å². The van der Waals surface area contributed by atoms with Gasteiger partial charge in [-0.05, 0) is 48.1 Å². The van der Waals surface area contributed by atoms with Gasteiger partial charge in [0.1, 0.15) is 12.1 Å². The maximum absolute atomic E-state index is 13.8. The average molecular weight is 606 g/mol. The zero-order valence-electron chi connectivity index (χ0n) is 22.7. The summed E-state index contributed by atoms with van der Waals surface area (Å²) in [5, 5.41) is 13.2. The number of β-amino-alcohol motifs (C(OH)–C–C–N with tert-alkyl or cyclic N) is 1. The van der Waals surface area contributed by atoms with E-state index in [1.165, 1.54) is 9.80 Å². The van der Waals surface area contributed by atoms with Gasteiger partial charge in [0.05, 0.1) is 18.3 Å². The van der Waals surface area contributed by atoms with Gasteiger partial charge in [-0.25, -0.2) is 13.1 Å². The van der Waals surface area contributed by atoms with Gasteiger partial charge < -0.3 is 26.0 Å². The van der Waals surface area contributed by atoms with Crippen molar-refractivity contribution in [3.8, 4) is 0 Å². The molecule has 5 N–H and O–H groups in total. The molecule has 2 heterocycles. The highest BCUT2D eigenvalue weighted by Gasteiger charge is 2.40. The first-order valence-corrected chi connectivity index (χ1v) is 15.6. The number of aliphatic hydroxyl groups excluding tert-OH is 1. The van der Waals surface area contributed by atoms with Gasteiger partial charge in [-0.3, -0.25) is 14.4 Å². The summed E-state index contributed by atoms with van der Waals surface area (Å²) in [6.45, 7) is 1.12. The van der Waals surface area contributed by atoms with Crippen molar-refractivity contribution in [3.05, 3.63) is 70.2 Å². The number of sulfonamides is 1. The van der Waals surface area contributed by atoms with E-state index in [0.717, 1.165) is 11.1 Å². The number of hydrogen-bond donors (Lipinski definition) is 4. The molecule has 0 radical (unpaired) electrons. The minimum Gasteiger partial charge on any atom is -0.391 e. The van der Waals surface area contributed by atoms with Crippen molar-refractivity contribution in [1.29, 1.82) is 0 Å². The predicted octanol–water partition coefficient (Wildman–Crippen LogP) is 0.877. The number of aliphatic hydroxyl groups is 1. The van der Waals surface area contributed by atoms with E-state index in [-0.39, 0.29) is 31.9 Å². The molecule has 0 spiro atoms. The molecule has 3 atom stereocenters. The van der Waals surface area contributed by atoms with E-state index in [4.69, 9.17) is 17.3 Å². The van der Waals surface area contributed by atoms with E-state index in [1.807, 2.05) is 0 Å². The van der Waals surface area contributed by atoms with Crippen LogP contribution in [0.15, 0.2) is 48.5 Å². The lowest BCUT2D eigenvalue weighted by molar-refractivity contribution is -0.142. The monoisotopic (exact) mass is 605 g/mol. The van der Waals surface area contributed by atoms with Crippen molar-refractivity contribution in [2.45, 2.75) is 62.7 Å². The summed E-state index contributed by atoms with van der Waals surface area (Å²) in [5.74, 6) is -1.85. The summed E-state index contributed by atoms with van der Waals surface area (Å²) in [5.41, 5.74) is 7.92. The van der Waals surface area contributed by atoms with Gasteiger partial charge in [0, 0.05) is 37.7 Å². The second-order valence-corrected chi connectivity index (χ2v) is 12.6. The van der Waals surface area contributed by atoms with E-state index in [0.29, 0.717) is 36.4 Å². The largest absolute Gasteiger partial charge is 0.391 e. The molecule has 222 valence electrons. The Bertz CT molecular complexity index is 1360. The summed E-state index contributed by atoms with van der Waals surface area (Å²) in [4.78, 5) is 42.8. The maximum Gasteiger partial charge on any atom is 0.243 e. The van der Waals surface area contributed by atoms with E-state index >= 15 is 0 Å². The lowest BCUT2D eigenvalue weighted by Gasteiger charge is -2.29. The van der Waals surface area contributed by atoms with E-state index in [2.05, 4.69) is 10.0 Å². The highest BCUT2D eigenvalue weighted by atomic mass is 35.5. The standard InChI is InChI=1S/C28H36ClN5O6S/c29-22-9-8-20(15-30)21(13-22)16-31-27(37)25-7-4-11-34(25)28(38)24(14-26(36)33-12-10-23(35)17-33)32-41(39,40)18-19-5-2-1-3-6-19/h1-3,5-6,8-9,13,23-25,32,35H,4,7,10-12,14-18,30H2,(H,31,37)/t23-,24-,25+/m1/s1. The molecule has 0 unspecified atom stereocenters. The SMILES string of the molecule is NCc1ccc(Cl)cc1CNC(=O)[C@@H]1CCCN1C(=O)[C@@H](CC(=O)N1CC[C@@H](O)C1)NS(=O)(=O)Cc1ccccc1. The third kappa shape index (κ3) is 8.26. The molecular formula is C28H36ClN5O6S. The third-order valence-electron chi connectivity index (χ3n) is 7.39. The first kappa shape index (κ1) is 30.9. The molecule has 11 nitrogen and oxygen atoms in total. The Kier molecular flexibility index (Phi) is 10.4. The Morgan fingerprint density at radius 2 is 1.83 bits per heavy atom. The Labute approximate surface area is 245 Å². The molecule has 2 aromatic rings. The van der Waals surface area contributed by atoms with Gasteiger partial charge in [0.2, 0.25) is 27.7 Å². The topological polar surface area (TPSA) is 162 Å². The number of nitrogens with one attached hydrogen (secondary N) is 2. The molecule has 0 aromatic heterocycles. The number of rotatable bonds is 11. The fourth-order valence-corrected chi connectivity index (χ4v) is 6.79. The molecule has 3 amide bonds. The molecule has 41 heavy (non-hydrogen) atoms. The zero-order valence-corrected chi connectivity index (χ0v) is 24.2. The second kappa shape index (κ2) is 13.8. The van der Waals surface area contributed by atoms with Crippen LogP contribution in [0.5, 0.6) is 0 Å². The zero-order chi connectivity index (χ0) is 29.6. The second-order valence-electron chi connectivity index (χ2n) is 10.4. The number of carbonyl (C=O) groups excluding carboxylic acids is 3. The number of halogens is 1. The van der Waals surface area contributed by atoms with Gasteiger partial charge in [0.15, 0.2) is 0 Å². The number of carbonyl (C=O) groups is 3. The number of hydrogen-bond acceptors (Lipinski definition) is 7. The molecule has 0 bridgehead atoms. The normalized spacial score (nSPS) is 19.8. The number of amides is 3. The Morgan fingerprint density at radius 1 is 1.07 bits per heavy atom. The minimum atomic E-state index is -4.03. The van der Waals surface area contributed by atoms with Gasteiger partial charge >= 0.3 is 0 Å². The van der Waals surface area contributed by atoms with Crippen LogP contribution in [-0.4, -0.2) is 78.9 Å². The summed E-state index contributed by atoms with van der Waals surface area (Å²) in [6.07, 6.45) is 0.273. The van der Waals surface area contributed by atoms with Crippen LogP contribution in [-0.2, 0) is 43.2 Å². The molecule has 2 fully saturated rings. The van der Waals surface area contributed by atoms with Crippen LogP contribution in [0.1, 0.15) is 42.4 Å². The molecule has 4 rings (SSSR count). The van der Waals surface area contributed by atoms with E-state index < -0.39 is 52.4 Å². The Hall–Kier alpha value is -3.03. The number of nitrogens with two attached hydrogens (primary N) is 1. The highest BCUT2D eigenvalue weighted by Crippen LogP contribution is 2.22. The number of nitrogens with zero attached hydrogens (tertiary/aromatic N) is 2. The van der Waals surface area contributed by atoms with Crippen LogP contribution in [0.3, 0.4) is 0 Å². The van der Waals surface area contributed by atoms with E-state index in [9.17, 15) is 27.9 Å². The van der Waals surface area contributed by atoms with Crippen LogP contribution >= 0.6 is 11.6 Å². The lowest BCUT2D eigenvalue weighted by Crippen LogP contribution is -2.54. The first-order chi connectivity index (χ1) is 19.6. The molecule has 2 aliphatic rings. The van der Waals surface area contributed by atoms with Gasteiger partial charge in [-0.2, -0.15) is 0 Å². The maximum atomic E-state index is 13.8. The Balaban J connectivity index is 1.49. The van der Waals surface area contributed by atoms with Gasteiger partial charge in [0.25, 0.3) is 0 Å². The lowest BCUT2D eigenvalue weighted by atomic mass is 10.1. The van der Waals surface area contributed by atoms with Gasteiger partial charge in [-0.15, -0.1) is 0 Å². The van der Waals surface area contributed by atoms with Gasteiger partial charge in [-0.1, -0.05) is 48.0 Å². The fourth-order valence-electron chi connectivity index (χ4n) is 5.27. The quantitative estimate of drug-likeness (QED) is 0.295. The van der Waals surface area contributed by atoms with Crippen molar-refractivity contribution < 1.29 is 27.9 Å². The van der Waals surface area contributed by atoms with Crippen molar-refractivity contribution in [2.24, 2.45) is 5.73 Å². The average Bonchev–Trinajstić information content (AvgIpc) is 3.61. The third-order valence-corrected chi connectivity index (χ3v) is 8.99.